The Morgan fingerprint density at radius 3 is 2.13 bits per heavy atom. The van der Waals surface area contributed by atoms with Crippen LogP contribution in [0.1, 0.15) is 0 Å². The SMILES string of the molecule is Fc1cc(F)cc(-c2oc(Cl)nc2F)c1. The molecular weight excluding hydrogens is 231 g/mol. The molecule has 1 heterocycles. The molecule has 15 heavy (non-hydrogen) atoms. The summed E-state index contributed by atoms with van der Waals surface area (Å²) >= 11 is 5.29. The summed E-state index contributed by atoms with van der Waals surface area (Å²) in [7, 11) is 0. The maximum atomic E-state index is 13.0. The average molecular weight is 234 g/mol. The van der Waals surface area contributed by atoms with E-state index >= 15 is 0 Å². The van der Waals surface area contributed by atoms with Crippen LogP contribution in [0.25, 0.3) is 11.3 Å². The molecule has 0 N–H and O–H groups in total. The summed E-state index contributed by atoms with van der Waals surface area (Å²) in [5, 5.41) is -0.424. The first-order valence-electron chi connectivity index (χ1n) is 3.84. The molecule has 6 heteroatoms. The second-order valence-electron chi connectivity index (χ2n) is 2.74. The summed E-state index contributed by atoms with van der Waals surface area (Å²) in [6, 6.07) is 2.51. The molecule has 0 fully saturated rings. The van der Waals surface area contributed by atoms with Crippen molar-refractivity contribution in [3.8, 4) is 11.3 Å². The lowest BCUT2D eigenvalue weighted by Gasteiger charge is -1.97. The van der Waals surface area contributed by atoms with Crippen LogP contribution < -0.4 is 0 Å². The minimum atomic E-state index is -1.01. The molecule has 0 aliphatic rings. The molecule has 78 valence electrons. The predicted molar refractivity (Wildman–Crippen MR) is 46.8 cm³/mol. The van der Waals surface area contributed by atoms with Crippen molar-refractivity contribution < 1.29 is 17.6 Å². The Labute approximate surface area is 87.3 Å². The molecule has 0 saturated heterocycles. The van der Waals surface area contributed by atoms with Crippen molar-refractivity contribution in [2.45, 2.75) is 0 Å². The number of aromatic nitrogens is 1. The maximum Gasteiger partial charge on any atom is 0.295 e. The first-order valence-corrected chi connectivity index (χ1v) is 4.22. The van der Waals surface area contributed by atoms with Crippen LogP contribution in [-0.4, -0.2) is 4.98 Å². The van der Waals surface area contributed by atoms with E-state index in [0.717, 1.165) is 12.1 Å². The number of rotatable bonds is 1. The third-order valence-electron chi connectivity index (χ3n) is 1.68. The molecule has 0 saturated carbocycles. The van der Waals surface area contributed by atoms with E-state index in [1.165, 1.54) is 0 Å². The molecule has 0 spiro atoms. The first-order chi connectivity index (χ1) is 7.06. The minimum absolute atomic E-state index is 0.0931. The van der Waals surface area contributed by atoms with Gasteiger partial charge >= 0.3 is 0 Å². The Balaban J connectivity index is 2.58. The third kappa shape index (κ3) is 1.97. The largest absolute Gasteiger partial charge is 0.424 e. The van der Waals surface area contributed by atoms with Gasteiger partial charge in [-0.2, -0.15) is 9.37 Å². The van der Waals surface area contributed by atoms with Crippen LogP contribution in [0.4, 0.5) is 13.2 Å². The van der Waals surface area contributed by atoms with E-state index in [9.17, 15) is 13.2 Å². The van der Waals surface area contributed by atoms with Crippen LogP contribution in [0.15, 0.2) is 22.6 Å². The van der Waals surface area contributed by atoms with E-state index in [1.54, 1.807) is 0 Å². The lowest BCUT2D eigenvalue weighted by Crippen LogP contribution is -1.85. The van der Waals surface area contributed by atoms with Gasteiger partial charge in [0, 0.05) is 11.6 Å². The van der Waals surface area contributed by atoms with Crippen LogP contribution in [0, 0.1) is 17.6 Å². The topological polar surface area (TPSA) is 26.0 Å². The zero-order valence-corrected chi connectivity index (χ0v) is 7.86. The highest BCUT2D eigenvalue weighted by Crippen LogP contribution is 2.27. The van der Waals surface area contributed by atoms with Crippen molar-refractivity contribution in [3.05, 3.63) is 41.1 Å². The number of hydrogen-bond acceptors (Lipinski definition) is 2. The monoisotopic (exact) mass is 233 g/mol. The molecule has 2 aromatic rings. The zero-order chi connectivity index (χ0) is 11.0. The number of halogens is 4. The van der Waals surface area contributed by atoms with Crippen molar-refractivity contribution in [2.75, 3.05) is 0 Å². The van der Waals surface area contributed by atoms with Gasteiger partial charge in [0.25, 0.3) is 11.3 Å². The lowest BCUT2D eigenvalue weighted by molar-refractivity contribution is 0.545. The maximum absolute atomic E-state index is 13.0. The van der Waals surface area contributed by atoms with Gasteiger partial charge in [-0.05, 0) is 23.7 Å². The molecular formula is C9H3ClF3NO. The van der Waals surface area contributed by atoms with E-state index in [-0.39, 0.29) is 5.56 Å². The average Bonchev–Trinajstić information content (AvgIpc) is 2.43. The molecule has 0 bridgehead atoms. The van der Waals surface area contributed by atoms with Gasteiger partial charge in [-0.15, -0.1) is 0 Å². The summed E-state index contributed by atoms with van der Waals surface area (Å²) in [6.07, 6.45) is 0. The highest BCUT2D eigenvalue weighted by atomic mass is 35.5. The van der Waals surface area contributed by atoms with Crippen molar-refractivity contribution in [1.29, 1.82) is 0 Å². The second kappa shape index (κ2) is 3.58. The van der Waals surface area contributed by atoms with Crippen molar-refractivity contribution in [1.82, 2.24) is 4.98 Å². The van der Waals surface area contributed by atoms with E-state index in [2.05, 4.69) is 9.40 Å². The second-order valence-corrected chi connectivity index (χ2v) is 3.07. The quantitative estimate of drug-likeness (QED) is 0.754. The Kier molecular flexibility index (Phi) is 2.40. The summed E-state index contributed by atoms with van der Waals surface area (Å²) in [6.45, 7) is 0. The molecule has 0 aliphatic carbocycles. The predicted octanol–water partition coefficient (Wildman–Crippen LogP) is 3.41. The van der Waals surface area contributed by atoms with Crippen LogP contribution >= 0.6 is 11.6 Å². The van der Waals surface area contributed by atoms with Crippen LogP contribution in [-0.2, 0) is 0 Å². The number of oxazole rings is 1. The molecule has 0 unspecified atom stereocenters. The fourth-order valence-electron chi connectivity index (χ4n) is 1.14. The molecule has 0 atom stereocenters. The smallest absolute Gasteiger partial charge is 0.295 e. The lowest BCUT2D eigenvalue weighted by atomic mass is 10.2. The Morgan fingerprint density at radius 2 is 1.67 bits per heavy atom. The van der Waals surface area contributed by atoms with E-state index in [1.807, 2.05) is 0 Å². The Morgan fingerprint density at radius 1 is 1.07 bits per heavy atom. The fourth-order valence-corrected chi connectivity index (χ4v) is 1.29. The molecule has 2 rings (SSSR count). The summed E-state index contributed by atoms with van der Waals surface area (Å²) < 4.78 is 43.3. The third-order valence-corrected chi connectivity index (χ3v) is 1.85. The normalized spacial score (nSPS) is 10.7. The number of benzene rings is 1. The highest BCUT2D eigenvalue weighted by molar-refractivity contribution is 6.27. The van der Waals surface area contributed by atoms with Gasteiger partial charge in [-0.3, -0.25) is 0 Å². The first kappa shape index (κ1) is 10.0. The molecule has 0 radical (unpaired) electrons. The molecule has 2 nitrogen and oxygen atoms in total. The molecule has 0 aliphatic heterocycles. The molecule has 0 amide bonds. The summed E-state index contributed by atoms with van der Waals surface area (Å²) in [4.78, 5) is 3.13. The molecule has 1 aromatic carbocycles. The van der Waals surface area contributed by atoms with E-state index in [0.29, 0.717) is 6.07 Å². The van der Waals surface area contributed by atoms with Crippen molar-refractivity contribution in [2.24, 2.45) is 0 Å². The van der Waals surface area contributed by atoms with E-state index < -0.39 is 28.7 Å². The van der Waals surface area contributed by atoms with Gasteiger partial charge in [0.2, 0.25) is 0 Å². The zero-order valence-electron chi connectivity index (χ0n) is 7.10. The number of hydrogen-bond donors (Lipinski definition) is 0. The Bertz CT molecular complexity index is 492. The van der Waals surface area contributed by atoms with Crippen LogP contribution in [0.2, 0.25) is 5.35 Å². The van der Waals surface area contributed by atoms with Gasteiger partial charge in [-0.1, -0.05) is 0 Å². The van der Waals surface area contributed by atoms with Crippen LogP contribution in [0.5, 0.6) is 0 Å². The summed E-state index contributed by atoms with van der Waals surface area (Å²) in [5.74, 6) is -3.07. The molecule has 1 aromatic heterocycles. The van der Waals surface area contributed by atoms with Gasteiger partial charge in [0.15, 0.2) is 5.76 Å². The van der Waals surface area contributed by atoms with E-state index in [4.69, 9.17) is 11.6 Å². The summed E-state index contributed by atoms with van der Waals surface area (Å²) in [5.41, 5.74) is -0.0931. The van der Waals surface area contributed by atoms with Crippen LogP contribution in [0.3, 0.4) is 0 Å². The Hall–Kier alpha value is -1.49. The van der Waals surface area contributed by atoms with Gasteiger partial charge in [0.1, 0.15) is 11.6 Å². The van der Waals surface area contributed by atoms with Crippen molar-refractivity contribution in [3.63, 3.8) is 0 Å². The minimum Gasteiger partial charge on any atom is -0.424 e. The standard InChI is InChI=1S/C9H3ClF3NO/c10-9-14-8(13)7(15-9)4-1-5(11)3-6(12)2-4/h1-3H. The fraction of sp³-hybridized carbons (Fsp3) is 0. The number of nitrogens with zero attached hydrogens (tertiary/aromatic N) is 1. The van der Waals surface area contributed by atoms with Gasteiger partial charge < -0.3 is 4.42 Å². The highest BCUT2D eigenvalue weighted by Gasteiger charge is 2.15. The van der Waals surface area contributed by atoms with Gasteiger partial charge in [0.05, 0.1) is 0 Å². The van der Waals surface area contributed by atoms with Gasteiger partial charge in [-0.25, -0.2) is 8.78 Å². The van der Waals surface area contributed by atoms with Crippen molar-refractivity contribution >= 4 is 11.6 Å².